The van der Waals surface area contributed by atoms with E-state index in [4.69, 9.17) is 4.84 Å². The van der Waals surface area contributed by atoms with E-state index < -0.39 is 29.3 Å². The van der Waals surface area contributed by atoms with Crippen molar-refractivity contribution in [3.8, 4) is 0 Å². The number of nitrogens with zero attached hydrogens (tertiary/aromatic N) is 2. The third kappa shape index (κ3) is 3.05. The Balaban J connectivity index is 1.94. The normalized spacial score (nSPS) is 22.5. The van der Waals surface area contributed by atoms with Gasteiger partial charge in [0.15, 0.2) is 6.04 Å². The van der Waals surface area contributed by atoms with Gasteiger partial charge in [-0.2, -0.15) is 13.2 Å². The van der Waals surface area contributed by atoms with Crippen LogP contribution in [0.25, 0.3) is 10.8 Å². The predicted octanol–water partition coefficient (Wildman–Crippen LogP) is 4.91. The van der Waals surface area contributed by atoms with Gasteiger partial charge in [-0.1, -0.05) is 60.7 Å². The van der Waals surface area contributed by atoms with Crippen molar-refractivity contribution in [3.63, 3.8) is 0 Å². The molecule has 28 heavy (non-hydrogen) atoms. The Labute approximate surface area is 158 Å². The molecule has 8 heteroatoms. The van der Waals surface area contributed by atoms with Gasteiger partial charge in [0, 0.05) is 4.92 Å². The standard InChI is InChI=1S/C20H15F3N2O3/c21-20(22,23)19-18(25(26)27)17(24(28-19)14-9-2-1-3-10-14)16-12-6-8-13-7-4-5-11-15(13)16/h1-12,17-19H/t17-,18+,19+/m0/s1. The summed E-state index contributed by atoms with van der Waals surface area (Å²) in [6.07, 6.45) is -7.43. The van der Waals surface area contributed by atoms with Crippen LogP contribution in [0.5, 0.6) is 0 Å². The fourth-order valence-corrected chi connectivity index (χ4v) is 3.65. The summed E-state index contributed by atoms with van der Waals surface area (Å²) in [6.45, 7) is 0. The molecule has 0 bridgehead atoms. The van der Waals surface area contributed by atoms with Crippen LogP contribution in [-0.4, -0.2) is 23.2 Å². The molecule has 5 nitrogen and oxygen atoms in total. The maximum absolute atomic E-state index is 13.6. The van der Waals surface area contributed by atoms with Gasteiger partial charge in [-0.15, -0.1) is 0 Å². The summed E-state index contributed by atoms with van der Waals surface area (Å²) < 4.78 is 40.8. The number of anilines is 1. The number of fused-ring (bicyclic) bond motifs is 1. The maximum atomic E-state index is 13.6. The summed E-state index contributed by atoms with van der Waals surface area (Å²) in [5.41, 5.74) is 0.731. The molecule has 3 atom stereocenters. The molecule has 1 heterocycles. The molecular weight excluding hydrogens is 373 g/mol. The maximum Gasteiger partial charge on any atom is 0.424 e. The molecule has 0 radical (unpaired) electrons. The third-order valence-electron chi connectivity index (χ3n) is 4.83. The highest BCUT2D eigenvalue weighted by Gasteiger charge is 2.63. The van der Waals surface area contributed by atoms with Gasteiger partial charge in [-0.3, -0.25) is 15.0 Å². The highest BCUT2D eigenvalue weighted by molar-refractivity contribution is 5.86. The van der Waals surface area contributed by atoms with Gasteiger partial charge >= 0.3 is 6.18 Å². The Morgan fingerprint density at radius 1 is 0.929 bits per heavy atom. The number of rotatable bonds is 3. The van der Waals surface area contributed by atoms with Crippen LogP contribution in [0.1, 0.15) is 11.6 Å². The molecule has 1 aliphatic rings. The monoisotopic (exact) mass is 388 g/mol. The Morgan fingerprint density at radius 3 is 2.25 bits per heavy atom. The van der Waals surface area contributed by atoms with Gasteiger partial charge in [0.2, 0.25) is 6.10 Å². The van der Waals surface area contributed by atoms with Crippen molar-refractivity contribution < 1.29 is 22.9 Å². The molecule has 1 saturated heterocycles. The lowest BCUT2D eigenvalue weighted by atomic mass is 9.92. The Hall–Kier alpha value is -3.13. The van der Waals surface area contributed by atoms with Gasteiger partial charge in [-0.05, 0) is 28.5 Å². The second kappa shape index (κ2) is 6.79. The fraction of sp³-hybridized carbons (Fsp3) is 0.200. The highest BCUT2D eigenvalue weighted by Crippen LogP contribution is 2.46. The second-order valence-electron chi connectivity index (χ2n) is 6.52. The molecule has 0 amide bonds. The van der Waals surface area contributed by atoms with Crippen LogP contribution < -0.4 is 5.06 Å². The molecule has 1 aliphatic heterocycles. The van der Waals surface area contributed by atoms with Gasteiger partial charge in [-0.25, -0.2) is 5.06 Å². The molecule has 3 aromatic carbocycles. The first kappa shape index (κ1) is 18.2. The first-order valence-corrected chi connectivity index (χ1v) is 8.57. The van der Waals surface area contributed by atoms with Crippen LogP contribution in [0.3, 0.4) is 0 Å². The minimum atomic E-state index is -4.88. The molecule has 4 rings (SSSR count). The molecule has 0 aromatic heterocycles. The minimum Gasteiger partial charge on any atom is -0.264 e. The second-order valence-corrected chi connectivity index (χ2v) is 6.52. The summed E-state index contributed by atoms with van der Waals surface area (Å²) in [4.78, 5) is 16.0. The Morgan fingerprint density at radius 2 is 1.57 bits per heavy atom. The quantitative estimate of drug-likeness (QED) is 0.473. The average molecular weight is 388 g/mol. The van der Waals surface area contributed by atoms with E-state index in [9.17, 15) is 23.3 Å². The van der Waals surface area contributed by atoms with E-state index >= 15 is 0 Å². The van der Waals surface area contributed by atoms with E-state index in [0.717, 1.165) is 10.4 Å². The lowest BCUT2D eigenvalue weighted by Crippen LogP contribution is -2.43. The molecule has 0 saturated carbocycles. The number of alkyl halides is 3. The Kier molecular flexibility index (Phi) is 4.43. The highest BCUT2D eigenvalue weighted by atomic mass is 19.4. The van der Waals surface area contributed by atoms with Crippen LogP contribution in [0.2, 0.25) is 0 Å². The van der Waals surface area contributed by atoms with E-state index in [1.807, 2.05) is 12.1 Å². The SMILES string of the molecule is O=[N+]([O-])[C@H]1[C@H](C(F)(F)F)ON(c2ccccc2)[C@H]1c1cccc2ccccc12. The van der Waals surface area contributed by atoms with Crippen LogP contribution >= 0.6 is 0 Å². The number of para-hydroxylation sites is 1. The van der Waals surface area contributed by atoms with Crippen molar-refractivity contribution in [2.75, 3.05) is 5.06 Å². The van der Waals surface area contributed by atoms with Crippen LogP contribution in [0.4, 0.5) is 18.9 Å². The number of nitro groups is 1. The summed E-state index contributed by atoms with van der Waals surface area (Å²) in [7, 11) is 0. The zero-order valence-electron chi connectivity index (χ0n) is 14.4. The van der Waals surface area contributed by atoms with E-state index in [1.165, 1.54) is 0 Å². The van der Waals surface area contributed by atoms with Crippen LogP contribution in [-0.2, 0) is 4.84 Å². The molecule has 0 unspecified atom stereocenters. The first-order valence-electron chi connectivity index (χ1n) is 8.57. The minimum absolute atomic E-state index is 0.319. The molecular formula is C20H15F3N2O3. The largest absolute Gasteiger partial charge is 0.424 e. The average Bonchev–Trinajstić information content (AvgIpc) is 3.09. The lowest BCUT2D eigenvalue weighted by Gasteiger charge is -2.25. The van der Waals surface area contributed by atoms with Crippen molar-refractivity contribution in [1.82, 2.24) is 0 Å². The van der Waals surface area contributed by atoms with E-state index in [2.05, 4.69) is 0 Å². The van der Waals surface area contributed by atoms with Gasteiger partial charge in [0.25, 0.3) is 6.04 Å². The lowest BCUT2D eigenvalue weighted by molar-refractivity contribution is -0.538. The molecule has 0 spiro atoms. The smallest absolute Gasteiger partial charge is 0.264 e. The summed E-state index contributed by atoms with van der Waals surface area (Å²) in [6, 6.07) is 17.1. The van der Waals surface area contributed by atoms with Crippen molar-refractivity contribution in [3.05, 3.63) is 88.5 Å². The number of halogens is 3. The van der Waals surface area contributed by atoms with Crippen molar-refractivity contribution in [2.45, 2.75) is 24.4 Å². The third-order valence-corrected chi connectivity index (χ3v) is 4.83. The van der Waals surface area contributed by atoms with E-state index in [0.29, 0.717) is 16.6 Å². The molecule has 144 valence electrons. The van der Waals surface area contributed by atoms with E-state index in [1.54, 1.807) is 60.7 Å². The van der Waals surface area contributed by atoms with Crippen molar-refractivity contribution in [2.24, 2.45) is 0 Å². The zero-order chi connectivity index (χ0) is 19.9. The summed E-state index contributed by atoms with van der Waals surface area (Å²) in [5.74, 6) is 0. The first-order chi connectivity index (χ1) is 13.4. The number of benzene rings is 3. The van der Waals surface area contributed by atoms with Gasteiger partial charge in [0.1, 0.15) is 0 Å². The zero-order valence-corrected chi connectivity index (χ0v) is 14.4. The van der Waals surface area contributed by atoms with Gasteiger partial charge in [0.05, 0.1) is 5.69 Å². The van der Waals surface area contributed by atoms with Crippen LogP contribution in [0.15, 0.2) is 72.8 Å². The number of hydrogen-bond acceptors (Lipinski definition) is 4. The molecule has 0 N–H and O–H groups in total. The predicted molar refractivity (Wildman–Crippen MR) is 97.3 cm³/mol. The summed E-state index contributed by atoms with van der Waals surface area (Å²) >= 11 is 0. The Bertz CT molecular complexity index is 1010. The van der Waals surface area contributed by atoms with Crippen molar-refractivity contribution in [1.29, 1.82) is 0 Å². The molecule has 0 aliphatic carbocycles. The molecule has 1 fully saturated rings. The topological polar surface area (TPSA) is 55.6 Å². The number of hydroxylamine groups is 1. The van der Waals surface area contributed by atoms with Gasteiger partial charge < -0.3 is 0 Å². The van der Waals surface area contributed by atoms with Crippen molar-refractivity contribution >= 4 is 16.5 Å². The number of hydrogen-bond donors (Lipinski definition) is 0. The summed E-state index contributed by atoms with van der Waals surface area (Å²) in [5, 5.41) is 14.2. The fourth-order valence-electron chi connectivity index (χ4n) is 3.65. The van der Waals surface area contributed by atoms with E-state index in [-0.39, 0.29) is 0 Å². The van der Waals surface area contributed by atoms with Crippen LogP contribution in [0, 0.1) is 10.1 Å². The molecule has 3 aromatic rings.